The van der Waals surface area contributed by atoms with Crippen molar-refractivity contribution < 1.29 is 18.7 Å². The van der Waals surface area contributed by atoms with Gasteiger partial charge in [0, 0.05) is 16.7 Å². The Labute approximate surface area is 217 Å². The number of allylic oxidation sites excluding steroid dienone is 2. The number of halogens is 1. The van der Waals surface area contributed by atoms with Crippen molar-refractivity contribution in [3.63, 3.8) is 0 Å². The van der Waals surface area contributed by atoms with E-state index >= 15 is 0 Å². The van der Waals surface area contributed by atoms with E-state index in [1.807, 2.05) is 54.6 Å². The molecule has 0 aliphatic carbocycles. The predicted molar refractivity (Wildman–Crippen MR) is 141 cm³/mol. The lowest BCUT2D eigenvalue weighted by Crippen LogP contribution is -2.20. The van der Waals surface area contributed by atoms with Gasteiger partial charge in [-0.3, -0.25) is 0 Å². The van der Waals surface area contributed by atoms with Gasteiger partial charge in [0.05, 0.1) is 18.4 Å². The molecule has 0 fully saturated rings. The minimum atomic E-state index is -0.540. The maximum absolute atomic E-state index is 14.6. The maximum atomic E-state index is 14.6. The van der Waals surface area contributed by atoms with Gasteiger partial charge in [0.1, 0.15) is 42.2 Å². The van der Waals surface area contributed by atoms with Crippen LogP contribution in [0.25, 0.3) is 27.9 Å². The van der Waals surface area contributed by atoms with Crippen molar-refractivity contribution in [1.82, 2.24) is 19.7 Å². The van der Waals surface area contributed by atoms with Crippen molar-refractivity contribution in [1.29, 1.82) is 0 Å². The SMILES string of the molecule is COc1c(F)cccc1-c1nn(CC2=C(c3ccccc3)C(C=O)c3ccccc3O2)c2ncnc(N)c12. The number of carbonyl (C=O) groups is 1. The van der Waals surface area contributed by atoms with Crippen LogP contribution >= 0.6 is 0 Å². The third kappa shape index (κ3) is 3.76. The number of methoxy groups -OCH3 is 1. The molecule has 0 amide bonds. The number of aromatic nitrogens is 4. The third-order valence-electron chi connectivity index (χ3n) is 6.60. The van der Waals surface area contributed by atoms with Crippen LogP contribution in [0.5, 0.6) is 11.5 Å². The zero-order valence-electron chi connectivity index (χ0n) is 20.3. The topological polar surface area (TPSA) is 105 Å². The van der Waals surface area contributed by atoms with Crippen LogP contribution in [-0.2, 0) is 11.3 Å². The molecule has 1 aliphatic rings. The van der Waals surface area contributed by atoms with E-state index in [2.05, 4.69) is 9.97 Å². The molecular weight excluding hydrogens is 485 g/mol. The zero-order chi connectivity index (χ0) is 26.2. The van der Waals surface area contributed by atoms with Gasteiger partial charge >= 0.3 is 0 Å². The average molecular weight is 508 g/mol. The maximum Gasteiger partial charge on any atom is 0.165 e. The van der Waals surface area contributed by atoms with E-state index in [0.717, 1.165) is 23.0 Å². The molecule has 0 radical (unpaired) electrons. The quantitative estimate of drug-likeness (QED) is 0.322. The number of rotatable bonds is 6. The average Bonchev–Trinajstić information content (AvgIpc) is 3.32. The summed E-state index contributed by atoms with van der Waals surface area (Å²) < 4.78 is 28.0. The highest BCUT2D eigenvalue weighted by molar-refractivity contribution is 5.99. The Balaban J connectivity index is 1.57. The summed E-state index contributed by atoms with van der Waals surface area (Å²) in [5, 5.41) is 5.24. The number of anilines is 1. The van der Waals surface area contributed by atoms with Gasteiger partial charge in [-0.1, -0.05) is 54.6 Å². The summed E-state index contributed by atoms with van der Waals surface area (Å²) in [6.45, 7) is 0.132. The first kappa shape index (κ1) is 23.4. The Morgan fingerprint density at radius 1 is 1.05 bits per heavy atom. The first-order valence-corrected chi connectivity index (χ1v) is 11.9. The Morgan fingerprint density at radius 2 is 1.84 bits per heavy atom. The molecule has 0 bridgehead atoms. The number of hydrogen-bond acceptors (Lipinski definition) is 7. The van der Waals surface area contributed by atoms with E-state index in [-0.39, 0.29) is 18.1 Å². The smallest absolute Gasteiger partial charge is 0.165 e. The van der Waals surface area contributed by atoms with Gasteiger partial charge < -0.3 is 20.0 Å². The first-order chi connectivity index (χ1) is 18.6. The minimum Gasteiger partial charge on any atom is -0.493 e. The highest BCUT2D eigenvalue weighted by Crippen LogP contribution is 2.44. The van der Waals surface area contributed by atoms with Crippen molar-refractivity contribution in [2.24, 2.45) is 0 Å². The lowest BCUT2D eigenvalue weighted by Gasteiger charge is -2.28. The van der Waals surface area contributed by atoms with E-state index in [1.54, 1.807) is 16.8 Å². The molecule has 1 aliphatic heterocycles. The van der Waals surface area contributed by atoms with Crippen molar-refractivity contribution in [3.05, 3.63) is 102 Å². The Kier molecular flexibility index (Phi) is 5.80. The lowest BCUT2D eigenvalue weighted by atomic mass is 9.84. The summed E-state index contributed by atoms with van der Waals surface area (Å²) in [7, 11) is 1.39. The molecule has 1 unspecified atom stereocenters. The molecule has 0 saturated heterocycles. The largest absolute Gasteiger partial charge is 0.493 e. The molecule has 6 rings (SSSR count). The molecule has 1 atom stereocenters. The number of nitrogens with zero attached hydrogens (tertiary/aromatic N) is 4. The van der Waals surface area contributed by atoms with Gasteiger partial charge in [-0.05, 0) is 23.8 Å². The molecule has 2 N–H and O–H groups in total. The fraction of sp³-hybridized carbons (Fsp3) is 0.103. The molecule has 8 nitrogen and oxygen atoms in total. The van der Waals surface area contributed by atoms with Gasteiger partial charge in [-0.2, -0.15) is 5.10 Å². The fourth-order valence-electron chi connectivity index (χ4n) is 4.93. The summed E-state index contributed by atoms with van der Waals surface area (Å²) in [5.41, 5.74) is 9.86. The standard InChI is InChI=1S/C29H22FN5O3/c1-37-27-19(11-7-12-21(27)30)26-25-28(31)32-16-33-29(25)35(34-26)14-23-24(17-8-3-2-4-9-17)20(15-36)18-10-5-6-13-22(18)38-23/h2-13,15-16,20H,14H2,1H3,(H2,31,32,33). The van der Waals surface area contributed by atoms with E-state index in [0.29, 0.717) is 33.8 Å². The van der Waals surface area contributed by atoms with Crippen LogP contribution in [0.4, 0.5) is 10.2 Å². The van der Waals surface area contributed by atoms with Crippen LogP contribution in [0.15, 0.2) is 84.9 Å². The van der Waals surface area contributed by atoms with Crippen molar-refractivity contribution in [2.45, 2.75) is 12.5 Å². The summed E-state index contributed by atoms with van der Waals surface area (Å²) in [4.78, 5) is 21.0. The molecule has 3 heterocycles. The minimum absolute atomic E-state index is 0.0374. The number of carbonyl (C=O) groups excluding carboxylic acids is 1. The van der Waals surface area contributed by atoms with Crippen molar-refractivity contribution in [3.8, 4) is 22.8 Å². The Hall–Kier alpha value is -5.05. The van der Waals surface area contributed by atoms with Crippen molar-refractivity contribution >= 4 is 28.7 Å². The van der Waals surface area contributed by atoms with Crippen LogP contribution in [0, 0.1) is 5.82 Å². The second kappa shape index (κ2) is 9.44. The van der Waals surface area contributed by atoms with Gasteiger partial charge in [0.25, 0.3) is 0 Å². The van der Waals surface area contributed by atoms with Gasteiger partial charge in [0.2, 0.25) is 0 Å². The number of para-hydroxylation sites is 2. The number of nitrogens with two attached hydrogens (primary N) is 1. The summed E-state index contributed by atoms with van der Waals surface area (Å²) in [6, 6.07) is 21.7. The molecular formula is C29H22FN5O3. The predicted octanol–water partition coefficient (Wildman–Crippen LogP) is 5.01. The molecule has 188 valence electrons. The van der Waals surface area contributed by atoms with E-state index in [9.17, 15) is 9.18 Å². The van der Waals surface area contributed by atoms with Crippen LogP contribution in [0.1, 0.15) is 17.0 Å². The number of hydrogen-bond donors (Lipinski definition) is 1. The molecule has 2 aromatic heterocycles. The van der Waals surface area contributed by atoms with Gasteiger partial charge in [-0.15, -0.1) is 0 Å². The van der Waals surface area contributed by atoms with Crippen LogP contribution in [0.3, 0.4) is 0 Å². The van der Waals surface area contributed by atoms with Gasteiger partial charge in [-0.25, -0.2) is 19.0 Å². The molecule has 38 heavy (non-hydrogen) atoms. The second-order valence-corrected chi connectivity index (χ2v) is 8.74. The number of fused-ring (bicyclic) bond motifs is 2. The van der Waals surface area contributed by atoms with Crippen LogP contribution < -0.4 is 15.2 Å². The van der Waals surface area contributed by atoms with Crippen LogP contribution in [-0.4, -0.2) is 33.1 Å². The molecule has 0 spiro atoms. The van der Waals surface area contributed by atoms with E-state index in [1.165, 1.54) is 19.5 Å². The lowest BCUT2D eigenvalue weighted by molar-refractivity contribution is -0.108. The monoisotopic (exact) mass is 507 g/mol. The Morgan fingerprint density at radius 3 is 2.63 bits per heavy atom. The highest BCUT2D eigenvalue weighted by atomic mass is 19.1. The second-order valence-electron chi connectivity index (χ2n) is 8.74. The van der Waals surface area contributed by atoms with E-state index in [4.69, 9.17) is 20.3 Å². The summed E-state index contributed by atoms with van der Waals surface area (Å²) in [5.74, 6) is 0.291. The summed E-state index contributed by atoms with van der Waals surface area (Å²) in [6.07, 6.45) is 2.27. The molecule has 5 aromatic rings. The third-order valence-corrected chi connectivity index (χ3v) is 6.60. The molecule has 9 heteroatoms. The van der Waals surface area contributed by atoms with Crippen LogP contribution in [0.2, 0.25) is 0 Å². The normalized spacial score (nSPS) is 14.7. The molecule has 3 aromatic carbocycles. The van der Waals surface area contributed by atoms with E-state index < -0.39 is 11.7 Å². The first-order valence-electron chi connectivity index (χ1n) is 11.9. The Bertz CT molecular complexity index is 1710. The highest BCUT2D eigenvalue weighted by Gasteiger charge is 2.31. The number of nitrogen functional groups attached to an aromatic ring is 1. The fourth-order valence-corrected chi connectivity index (χ4v) is 4.93. The molecule has 0 saturated carbocycles. The van der Waals surface area contributed by atoms with Gasteiger partial charge in [0.15, 0.2) is 17.2 Å². The number of benzene rings is 3. The zero-order valence-corrected chi connectivity index (χ0v) is 20.3. The van der Waals surface area contributed by atoms with Crippen molar-refractivity contribution in [2.75, 3.05) is 12.8 Å². The number of aldehydes is 1. The summed E-state index contributed by atoms with van der Waals surface area (Å²) >= 11 is 0. The number of ether oxygens (including phenoxy) is 2.